The Morgan fingerprint density at radius 2 is 1.64 bits per heavy atom. The molecule has 0 radical (unpaired) electrons. The van der Waals surface area contributed by atoms with E-state index in [9.17, 15) is 4.57 Å². The molecule has 22 heavy (non-hydrogen) atoms. The molecule has 1 N–H and O–H groups in total. The first-order valence-corrected chi connectivity index (χ1v) is 9.13. The van der Waals surface area contributed by atoms with Gasteiger partial charge >= 0.3 is 7.67 Å². The van der Waals surface area contributed by atoms with Crippen molar-refractivity contribution in [3.63, 3.8) is 0 Å². The van der Waals surface area contributed by atoms with Gasteiger partial charge in [0, 0.05) is 17.4 Å². The van der Waals surface area contributed by atoms with Crippen LogP contribution in [-0.4, -0.2) is 12.1 Å². The van der Waals surface area contributed by atoms with Crippen LogP contribution in [0.4, 0.5) is 11.4 Å². The van der Waals surface area contributed by atoms with Crippen molar-refractivity contribution in [3.05, 3.63) is 60.7 Å². The average Bonchev–Trinajstić information content (AvgIpc) is 2.48. The molecule has 116 valence electrons. The van der Waals surface area contributed by atoms with E-state index in [2.05, 4.69) is 12.0 Å². The molecular weight excluding hydrogens is 295 g/mol. The maximum Gasteiger partial charge on any atom is 0.394 e. The first-order valence-electron chi connectivity index (χ1n) is 7.55. The van der Waals surface area contributed by atoms with Crippen LogP contribution in [0.25, 0.3) is 0 Å². The Hall–Kier alpha value is -1.77. The minimum absolute atomic E-state index is 0.0444. The standard InChI is InChI=1S/C17H21N2O2P/c1-14-13-15(2)21-22(20,18-16-9-5-3-6-10-16)19(14)17-11-7-4-8-12-17/h3-12,14-15H,13H2,1-2H3,(H,18,20). The van der Waals surface area contributed by atoms with Gasteiger partial charge in [-0.15, -0.1) is 0 Å². The molecule has 0 saturated carbocycles. The fourth-order valence-corrected chi connectivity index (χ4v) is 5.28. The third-order valence-corrected chi connectivity index (χ3v) is 6.14. The number of benzene rings is 2. The molecule has 0 aromatic heterocycles. The predicted octanol–water partition coefficient (Wildman–Crippen LogP) is 4.91. The zero-order chi connectivity index (χ0) is 15.6. The molecule has 3 atom stereocenters. The topological polar surface area (TPSA) is 41.6 Å². The van der Waals surface area contributed by atoms with Gasteiger partial charge in [0.2, 0.25) is 0 Å². The van der Waals surface area contributed by atoms with Gasteiger partial charge in [0.15, 0.2) is 0 Å². The number of hydrogen-bond acceptors (Lipinski definition) is 2. The molecule has 5 heteroatoms. The van der Waals surface area contributed by atoms with E-state index in [1.165, 1.54) is 0 Å². The van der Waals surface area contributed by atoms with Crippen LogP contribution in [0, 0.1) is 0 Å². The molecule has 0 bridgehead atoms. The fourth-order valence-electron chi connectivity index (χ4n) is 2.92. The van der Waals surface area contributed by atoms with Crippen LogP contribution in [0.15, 0.2) is 60.7 Å². The van der Waals surface area contributed by atoms with Crippen molar-refractivity contribution in [1.29, 1.82) is 0 Å². The highest BCUT2D eigenvalue weighted by Crippen LogP contribution is 2.58. The van der Waals surface area contributed by atoms with E-state index < -0.39 is 7.67 Å². The Balaban J connectivity index is 1.98. The lowest BCUT2D eigenvalue weighted by molar-refractivity contribution is 0.185. The minimum Gasteiger partial charge on any atom is -0.298 e. The molecule has 1 aliphatic rings. The lowest BCUT2D eigenvalue weighted by atomic mass is 10.1. The lowest BCUT2D eigenvalue weighted by Crippen LogP contribution is -2.41. The van der Waals surface area contributed by atoms with Crippen LogP contribution in [0.3, 0.4) is 0 Å². The molecule has 1 saturated heterocycles. The summed E-state index contributed by atoms with van der Waals surface area (Å²) in [5.41, 5.74) is 1.71. The SMILES string of the molecule is CC1CC(C)N(c2ccccc2)P(=O)(Nc2ccccc2)O1. The highest BCUT2D eigenvalue weighted by atomic mass is 31.2. The molecule has 2 aromatic rings. The Morgan fingerprint density at radius 1 is 1.05 bits per heavy atom. The minimum atomic E-state index is -3.20. The van der Waals surface area contributed by atoms with E-state index in [1.54, 1.807) is 0 Å². The maximum absolute atomic E-state index is 13.5. The largest absolute Gasteiger partial charge is 0.394 e. The number of anilines is 2. The van der Waals surface area contributed by atoms with Gasteiger partial charge in [-0.1, -0.05) is 36.4 Å². The van der Waals surface area contributed by atoms with Gasteiger partial charge in [-0.05, 0) is 44.5 Å². The van der Waals surface area contributed by atoms with Crippen molar-refractivity contribution in [2.45, 2.75) is 32.4 Å². The van der Waals surface area contributed by atoms with Crippen LogP contribution >= 0.6 is 7.67 Å². The Morgan fingerprint density at radius 3 is 2.27 bits per heavy atom. The molecule has 1 heterocycles. The number of para-hydroxylation sites is 2. The van der Waals surface area contributed by atoms with Crippen molar-refractivity contribution in [3.8, 4) is 0 Å². The van der Waals surface area contributed by atoms with Gasteiger partial charge in [-0.2, -0.15) is 0 Å². The van der Waals surface area contributed by atoms with Gasteiger partial charge in [0.05, 0.1) is 6.10 Å². The predicted molar refractivity (Wildman–Crippen MR) is 91.2 cm³/mol. The fraction of sp³-hybridized carbons (Fsp3) is 0.294. The highest BCUT2D eigenvalue weighted by Gasteiger charge is 2.42. The summed E-state index contributed by atoms with van der Waals surface area (Å²) in [4.78, 5) is 0. The van der Waals surface area contributed by atoms with Gasteiger partial charge in [-0.3, -0.25) is 14.3 Å². The van der Waals surface area contributed by atoms with E-state index in [1.807, 2.05) is 72.3 Å². The molecule has 3 unspecified atom stereocenters. The summed E-state index contributed by atoms with van der Waals surface area (Å²) in [6.07, 6.45) is 0.798. The third kappa shape index (κ3) is 3.03. The van der Waals surface area contributed by atoms with E-state index >= 15 is 0 Å². The quantitative estimate of drug-likeness (QED) is 0.817. The van der Waals surface area contributed by atoms with E-state index in [-0.39, 0.29) is 12.1 Å². The van der Waals surface area contributed by atoms with Crippen molar-refractivity contribution in [1.82, 2.24) is 0 Å². The summed E-state index contributed by atoms with van der Waals surface area (Å²) < 4.78 is 21.3. The summed E-state index contributed by atoms with van der Waals surface area (Å²) in [6.45, 7) is 4.06. The first-order chi connectivity index (χ1) is 10.6. The Bertz CT molecular complexity index is 663. The zero-order valence-corrected chi connectivity index (χ0v) is 13.7. The molecule has 2 aromatic carbocycles. The average molecular weight is 316 g/mol. The summed E-state index contributed by atoms with van der Waals surface area (Å²) in [5.74, 6) is 0. The number of hydrogen-bond donors (Lipinski definition) is 1. The smallest absolute Gasteiger partial charge is 0.298 e. The van der Waals surface area contributed by atoms with Gasteiger partial charge in [-0.25, -0.2) is 4.57 Å². The van der Waals surface area contributed by atoms with E-state index in [0.717, 1.165) is 17.8 Å². The second-order valence-electron chi connectivity index (χ2n) is 5.68. The molecule has 3 rings (SSSR count). The molecule has 4 nitrogen and oxygen atoms in total. The van der Waals surface area contributed by atoms with Crippen LogP contribution in [-0.2, 0) is 9.09 Å². The van der Waals surface area contributed by atoms with Crippen LogP contribution in [0.2, 0.25) is 0 Å². The van der Waals surface area contributed by atoms with Gasteiger partial charge < -0.3 is 0 Å². The van der Waals surface area contributed by atoms with Crippen LogP contribution < -0.4 is 9.76 Å². The number of rotatable bonds is 3. The molecule has 1 fully saturated rings. The molecular formula is C17H21N2O2P. The summed E-state index contributed by atoms with van der Waals surface area (Å²) >= 11 is 0. The second-order valence-corrected chi connectivity index (χ2v) is 7.59. The number of nitrogens with zero attached hydrogens (tertiary/aromatic N) is 1. The zero-order valence-electron chi connectivity index (χ0n) is 12.8. The van der Waals surface area contributed by atoms with Crippen molar-refractivity contribution >= 4 is 19.0 Å². The van der Waals surface area contributed by atoms with E-state index in [4.69, 9.17) is 4.52 Å². The molecule has 0 amide bonds. The van der Waals surface area contributed by atoms with Crippen LogP contribution in [0.1, 0.15) is 20.3 Å². The van der Waals surface area contributed by atoms with Crippen molar-refractivity contribution in [2.75, 3.05) is 9.76 Å². The maximum atomic E-state index is 13.5. The first kappa shape index (κ1) is 15.1. The van der Waals surface area contributed by atoms with Crippen LogP contribution in [0.5, 0.6) is 0 Å². The number of nitrogens with one attached hydrogen (secondary N) is 1. The van der Waals surface area contributed by atoms with Gasteiger partial charge in [0.25, 0.3) is 0 Å². The summed E-state index contributed by atoms with van der Waals surface area (Å²) in [5, 5.41) is 3.13. The van der Waals surface area contributed by atoms with Crippen molar-refractivity contribution < 1.29 is 9.09 Å². The van der Waals surface area contributed by atoms with E-state index in [0.29, 0.717) is 0 Å². The Labute approximate surface area is 131 Å². The second kappa shape index (κ2) is 6.15. The van der Waals surface area contributed by atoms with Crippen molar-refractivity contribution in [2.24, 2.45) is 0 Å². The lowest BCUT2D eigenvalue weighted by Gasteiger charge is -2.43. The molecule has 0 spiro atoms. The third-order valence-electron chi connectivity index (χ3n) is 3.76. The summed E-state index contributed by atoms with van der Waals surface area (Å²) in [7, 11) is -3.20. The van der Waals surface area contributed by atoms with Gasteiger partial charge in [0.1, 0.15) is 0 Å². The normalized spacial score (nSPS) is 28.4. The Kier molecular flexibility index (Phi) is 4.23. The molecule has 0 aliphatic carbocycles. The highest BCUT2D eigenvalue weighted by molar-refractivity contribution is 7.62. The summed E-state index contributed by atoms with van der Waals surface area (Å²) in [6, 6.07) is 19.5. The molecule has 1 aliphatic heterocycles. The monoisotopic (exact) mass is 316 g/mol.